The van der Waals surface area contributed by atoms with Gasteiger partial charge in [-0.3, -0.25) is 0 Å². The van der Waals surface area contributed by atoms with Gasteiger partial charge in [-0.25, -0.2) is 4.98 Å². The van der Waals surface area contributed by atoms with Crippen molar-refractivity contribution in [3.05, 3.63) is 74.5 Å². The Morgan fingerprint density at radius 3 is 2.61 bits per heavy atom. The number of hydrogen-bond acceptors (Lipinski definition) is 3. The first-order chi connectivity index (χ1) is 11.2. The lowest BCUT2D eigenvalue weighted by Gasteiger charge is -2.01. The van der Waals surface area contributed by atoms with Crippen LogP contribution in [0.4, 0.5) is 0 Å². The smallest absolute Gasteiger partial charge is 0.134 e. The molecule has 1 aromatic heterocycles. The van der Waals surface area contributed by atoms with Crippen molar-refractivity contribution in [3.8, 4) is 17.3 Å². The summed E-state index contributed by atoms with van der Waals surface area (Å²) in [5.74, 6) is 0. The highest BCUT2D eigenvalue weighted by molar-refractivity contribution is 7.11. The molecule has 2 nitrogen and oxygen atoms in total. The van der Waals surface area contributed by atoms with E-state index < -0.39 is 0 Å². The lowest BCUT2D eigenvalue weighted by atomic mass is 10.1. The van der Waals surface area contributed by atoms with E-state index in [9.17, 15) is 5.26 Å². The summed E-state index contributed by atoms with van der Waals surface area (Å²) in [6.07, 6.45) is 1.71. The first kappa shape index (κ1) is 15.8. The van der Waals surface area contributed by atoms with Gasteiger partial charge in [-0.05, 0) is 17.7 Å². The van der Waals surface area contributed by atoms with Gasteiger partial charge in [0.2, 0.25) is 0 Å². The third-order valence-corrected chi connectivity index (χ3v) is 4.91. The van der Waals surface area contributed by atoms with E-state index in [0.717, 1.165) is 11.3 Å². The summed E-state index contributed by atoms with van der Waals surface area (Å²) in [4.78, 5) is 4.55. The van der Waals surface area contributed by atoms with E-state index in [1.165, 1.54) is 11.3 Å². The van der Waals surface area contributed by atoms with Crippen LogP contribution in [0, 0.1) is 11.3 Å². The number of thiazole rings is 1. The maximum atomic E-state index is 9.45. The molecule has 0 spiro atoms. The molecule has 0 aliphatic heterocycles. The van der Waals surface area contributed by atoms with E-state index in [-0.39, 0.29) is 0 Å². The summed E-state index contributed by atoms with van der Waals surface area (Å²) in [6, 6.07) is 17.4. The maximum Gasteiger partial charge on any atom is 0.134 e. The molecule has 112 valence electrons. The van der Waals surface area contributed by atoms with E-state index in [0.29, 0.717) is 26.2 Å². The highest BCUT2D eigenvalue weighted by Gasteiger charge is 2.10. The second kappa shape index (κ2) is 6.97. The van der Waals surface area contributed by atoms with Crippen molar-refractivity contribution in [2.24, 2.45) is 0 Å². The van der Waals surface area contributed by atoms with Gasteiger partial charge < -0.3 is 0 Å². The molecule has 0 amide bonds. The molecule has 0 N–H and O–H groups in total. The topological polar surface area (TPSA) is 36.7 Å². The molecule has 3 rings (SSSR count). The van der Waals surface area contributed by atoms with Crippen LogP contribution < -0.4 is 0 Å². The fraction of sp³-hybridized carbons (Fsp3) is 0. The summed E-state index contributed by atoms with van der Waals surface area (Å²) < 4.78 is 0. The number of benzene rings is 2. The van der Waals surface area contributed by atoms with E-state index >= 15 is 0 Å². The van der Waals surface area contributed by atoms with Crippen molar-refractivity contribution in [1.29, 1.82) is 5.26 Å². The number of nitriles is 1. The summed E-state index contributed by atoms with van der Waals surface area (Å²) in [6.45, 7) is 0. The third-order valence-electron chi connectivity index (χ3n) is 3.21. The monoisotopic (exact) mass is 356 g/mol. The fourth-order valence-corrected chi connectivity index (χ4v) is 3.23. The minimum Gasteiger partial charge on any atom is -0.235 e. The minimum atomic E-state index is 0.432. The van der Waals surface area contributed by atoms with Gasteiger partial charge in [0, 0.05) is 10.9 Å². The molecule has 0 aliphatic rings. The van der Waals surface area contributed by atoms with Crippen molar-refractivity contribution in [2.45, 2.75) is 0 Å². The Kier molecular flexibility index (Phi) is 4.78. The molecule has 0 bridgehead atoms. The first-order valence-corrected chi connectivity index (χ1v) is 8.39. The molecule has 0 radical (unpaired) electrons. The summed E-state index contributed by atoms with van der Waals surface area (Å²) in [5, 5.41) is 12.9. The lowest BCUT2D eigenvalue weighted by Crippen LogP contribution is -1.84. The van der Waals surface area contributed by atoms with E-state index in [1.807, 2.05) is 41.8 Å². The zero-order valence-corrected chi connectivity index (χ0v) is 14.2. The molecule has 0 fully saturated rings. The van der Waals surface area contributed by atoms with Gasteiger partial charge in [-0.2, -0.15) is 5.26 Å². The Morgan fingerprint density at radius 2 is 1.87 bits per heavy atom. The van der Waals surface area contributed by atoms with Gasteiger partial charge in [0.15, 0.2) is 0 Å². The number of hydrogen-bond donors (Lipinski definition) is 0. The minimum absolute atomic E-state index is 0.432. The molecule has 1 heterocycles. The number of halogens is 2. The molecular formula is C18H10Cl2N2S. The van der Waals surface area contributed by atoms with E-state index in [4.69, 9.17) is 23.2 Å². The van der Waals surface area contributed by atoms with Crippen molar-refractivity contribution in [1.82, 2.24) is 4.98 Å². The normalized spacial score (nSPS) is 11.3. The van der Waals surface area contributed by atoms with Gasteiger partial charge in [0.1, 0.15) is 11.1 Å². The van der Waals surface area contributed by atoms with Crippen LogP contribution in [0.3, 0.4) is 0 Å². The van der Waals surface area contributed by atoms with E-state index in [2.05, 4.69) is 11.1 Å². The Hall–Kier alpha value is -2.12. The Bertz CT molecular complexity index is 908. The number of nitrogens with zero attached hydrogens (tertiary/aromatic N) is 2. The van der Waals surface area contributed by atoms with E-state index in [1.54, 1.807) is 18.2 Å². The van der Waals surface area contributed by atoms with Crippen molar-refractivity contribution >= 4 is 46.2 Å². The Labute approximate surface area is 148 Å². The highest BCUT2D eigenvalue weighted by Crippen LogP contribution is 2.31. The average molecular weight is 357 g/mol. The molecule has 3 aromatic rings. The fourth-order valence-electron chi connectivity index (χ4n) is 2.07. The number of aromatic nitrogens is 1. The van der Waals surface area contributed by atoms with Crippen molar-refractivity contribution in [3.63, 3.8) is 0 Å². The first-order valence-electron chi connectivity index (χ1n) is 6.76. The SMILES string of the molecule is N#C/C(=C\c1cccc(Cl)c1Cl)c1nc(-c2ccccc2)cs1. The molecule has 0 aliphatic carbocycles. The third kappa shape index (κ3) is 3.46. The van der Waals surface area contributed by atoms with Gasteiger partial charge >= 0.3 is 0 Å². The summed E-state index contributed by atoms with van der Waals surface area (Å²) in [5.41, 5.74) is 3.03. The quantitative estimate of drug-likeness (QED) is 0.525. The molecule has 23 heavy (non-hydrogen) atoms. The zero-order valence-electron chi connectivity index (χ0n) is 11.8. The molecule has 0 unspecified atom stereocenters. The average Bonchev–Trinajstić information content (AvgIpc) is 3.07. The van der Waals surface area contributed by atoms with Crippen LogP contribution in [0.15, 0.2) is 53.9 Å². The van der Waals surface area contributed by atoms with Crippen LogP contribution in [-0.2, 0) is 0 Å². The van der Waals surface area contributed by atoms with Gasteiger partial charge in [0.05, 0.1) is 21.3 Å². The van der Waals surface area contributed by atoms with Crippen LogP contribution in [-0.4, -0.2) is 4.98 Å². The predicted octanol–water partition coefficient (Wildman–Crippen LogP) is 6.18. The second-order valence-corrected chi connectivity index (χ2v) is 6.36. The van der Waals surface area contributed by atoms with Gasteiger partial charge in [0.25, 0.3) is 0 Å². The van der Waals surface area contributed by atoms with Crippen LogP contribution in [0.2, 0.25) is 10.0 Å². The van der Waals surface area contributed by atoms with Gasteiger partial charge in [-0.15, -0.1) is 11.3 Å². The predicted molar refractivity (Wildman–Crippen MR) is 97.5 cm³/mol. The van der Waals surface area contributed by atoms with Crippen LogP contribution in [0.1, 0.15) is 10.6 Å². The van der Waals surface area contributed by atoms with Crippen LogP contribution >= 0.6 is 34.5 Å². The highest BCUT2D eigenvalue weighted by atomic mass is 35.5. The van der Waals surface area contributed by atoms with Gasteiger partial charge in [-0.1, -0.05) is 65.7 Å². The lowest BCUT2D eigenvalue weighted by molar-refractivity contribution is 1.37. The largest absolute Gasteiger partial charge is 0.235 e. The zero-order chi connectivity index (χ0) is 16.2. The summed E-state index contributed by atoms with van der Waals surface area (Å²) in [7, 11) is 0. The van der Waals surface area contributed by atoms with Crippen LogP contribution in [0.25, 0.3) is 22.9 Å². The Balaban J connectivity index is 1.99. The van der Waals surface area contributed by atoms with Crippen molar-refractivity contribution < 1.29 is 0 Å². The molecule has 0 saturated heterocycles. The molecule has 2 aromatic carbocycles. The molecule has 0 atom stereocenters. The Morgan fingerprint density at radius 1 is 1.09 bits per heavy atom. The molecular weight excluding hydrogens is 347 g/mol. The molecule has 5 heteroatoms. The van der Waals surface area contributed by atoms with Crippen molar-refractivity contribution in [2.75, 3.05) is 0 Å². The number of rotatable bonds is 3. The summed E-state index contributed by atoms with van der Waals surface area (Å²) >= 11 is 13.6. The van der Waals surface area contributed by atoms with Crippen LogP contribution in [0.5, 0.6) is 0 Å². The second-order valence-electron chi connectivity index (χ2n) is 4.72. The molecule has 0 saturated carbocycles. The standard InChI is InChI=1S/C18H10Cl2N2S/c19-15-8-4-7-13(17(15)20)9-14(10-21)18-22-16(11-23-18)12-5-2-1-3-6-12/h1-9,11H/b14-9+. The maximum absolute atomic E-state index is 9.45. The number of allylic oxidation sites excluding steroid dienone is 1.